The summed E-state index contributed by atoms with van der Waals surface area (Å²) >= 11 is 0. The second-order valence-electron chi connectivity index (χ2n) is 5.17. The number of aryl methyl sites for hydroxylation is 1. The van der Waals surface area contributed by atoms with Gasteiger partial charge in [-0.3, -0.25) is 4.79 Å². The summed E-state index contributed by atoms with van der Waals surface area (Å²) in [5.74, 6) is 1.38. The maximum Gasteiger partial charge on any atom is 0.252 e. The van der Waals surface area contributed by atoms with E-state index in [1.165, 1.54) is 0 Å². The first-order chi connectivity index (χ1) is 9.06. The maximum atomic E-state index is 11.6. The second-order valence-corrected chi connectivity index (χ2v) is 5.17. The predicted octanol–water partition coefficient (Wildman–Crippen LogP) is 0.282. The van der Waals surface area contributed by atoms with E-state index in [1.807, 2.05) is 0 Å². The molecule has 0 aliphatic carbocycles. The van der Waals surface area contributed by atoms with Crippen molar-refractivity contribution in [3.8, 4) is 0 Å². The minimum Gasteiger partial charge on any atom is -0.377 e. The molecule has 6 nitrogen and oxygen atoms in total. The van der Waals surface area contributed by atoms with Gasteiger partial charge in [0.2, 0.25) is 0 Å². The van der Waals surface area contributed by atoms with E-state index in [0.29, 0.717) is 25.1 Å². The summed E-state index contributed by atoms with van der Waals surface area (Å²) in [6, 6.07) is 2.20. The van der Waals surface area contributed by atoms with E-state index >= 15 is 0 Å². The minimum atomic E-state index is -0.107. The molecule has 2 N–H and O–H groups in total. The van der Waals surface area contributed by atoms with Crippen LogP contribution in [0, 0.1) is 6.92 Å². The number of aromatic nitrogens is 2. The molecule has 0 saturated carbocycles. The molecule has 0 radical (unpaired) electrons. The molecule has 1 aromatic rings. The summed E-state index contributed by atoms with van der Waals surface area (Å²) in [5.41, 5.74) is -0.107. The molecule has 1 fully saturated rings. The molecule has 1 atom stereocenters. The van der Waals surface area contributed by atoms with Crippen LogP contribution in [-0.4, -0.2) is 48.4 Å². The van der Waals surface area contributed by atoms with E-state index in [2.05, 4.69) is 34.0 Å². The lowest BCUT2D eigenvalue weighted by Crippen LogP contribution is -2.52. The first-order valence-corrected chi connectivity index (χ1v) is 6.72. The smallest absolute Gasteiger partial charge is 0.252 e. The lowest BCUT2D eigenvalue weighted by atomic mass is 10.2. The Bertz CT molecular complexity index is 472. The molecule has 1 aliphatic rings. The van der Waals surface area contributed by atoms with Gasteiger partial charge in [-0.1, -0.05) is 13.8 Å². The molecule has 6 heteroatoms. The number of anilines is 1. The topological polar surface area (TPSA) is 70.2 Å². The van der Waals surface area contributed by atoms with Gasteiger partial charge in [-0.25, -0.2) is 4.98 Å². The van der Waals surface area contributed by atoms with E-state index in [9.17, 15) is 4.79 Å². The van der Waals surface area contributed by atoms with Crippen molar-refractivity contribution in [3.63, 3.8) is 0 Å². The number of aromatic amines is 1. The zero-order valence-corrected chi connectivity index (χ0v) is 11.8. The van der Waals surface area contributed by atoms with Crippen LogP contribution in [0.2, 0.25) is 0 Å². The number of nitrogens with one attached hydrogen (secondary N) is 2. The number of H-pyrrole nitrogens is 1. The van der Waals surface area contributed by atoms with E-state index in [0.717, 1.165) is 18.9 Å². The van der Waals surface area contributed by atoms with Gasteiger partial charge < -0.3 is 19.9 Å². The summed E-state index contributed by atoms with van der Waals surface area (Å²) in [7, 11) is 0. The molecule has 106 valence electrons. The largest absolute Gasteiger partial charge is 0.377 e. The highest BCUT2D eigenvalue weighted by molar-refractivity contribution is 5.39. The van der Waals surface area contributed by atoms with Gasteiger partial charge in [0.1, 0.15) is 11.6 Å². The van der Waals surface area contributed by atoms with Crippen LogP contribution < -0.4 is 15.8 Å². The summed E-state index contributed by atoms with van der Waals surface area (Å²) in [4.78, 5) is 20.8. The van der Waals surface area contributed by atoms with Crippen molar-refractivity contribution in [2.45, 2.75) is 32.9 Å². The fraction of sp³-hybridized carbons (Fsp3) is 0.692. The van der Waals surface area contributed by atoms with Crippen molar-refractivity contribution in [3.05, 3.63) is 22.2 Å². The van der Waals surface area contributed by atoms with Gasteiger partial charge in [0.15, 0.2) is 0 Å². The molecule has 1 saturated heterocycles. The van der Waals surface area contributed by atoms with Crippen molar-refractivity contribution >= 4 is 5.82 Å². The molecule has 19 heavy (non-hydrogen) atoms. The molecule has 2 rings (SSSR count). The third-order valence-corrected chi connectivity index (χ3v) is 3.13. The third kappa shape index (κ3) is 3.78. The standard InChI is InChI=1S/C13H22N4O2/c1-9(2)14-7-11-8-19-5-4-17(11)12-6-13(18)16-10(3)15-12/h6,9,11,14H,4-5,7-8H2,1-3H3,(H,15,16,18). The zero-order valence-electron chi connectivity index (χ0n) is 11.8. The summed E-state index contributed by atoms with van der Waals surface area (Å²) in [6.07, 6.45) is 0. The minimum absolute atomic E-state index is 0.107. The van der Waals surface area contributed by atoms with Crippen LogP contribution in [0.5, 0.6) is 0 Å². The Hall–Kier alpha value is -1.40. The number of rotatable bonds is 4. The van der Waals surface area contributed by atoms with Crippen molar-refractivity contribution in [1.29, 1.82) is 0 Å². The normalized spacial score (nSPS) is 20.0. The first kappa shape index (κ1) is 14.0. The Morgan fingerprint density at radius 1 is 1.63 bits per heavy atom. The Morgan fingerprint density at radius 3 is 3.11 bits per heavy atom. The Morgan fingerprint density at radius 2 is 2.42 bits per heavy atom. The van der Waals surface area contributed by atoms with Crippen molar-refractivity contribution in [2.24, 2.45) is 0 Å². The van der Waals surface area contributed by atoms with Crippen LogP contribution in [0.25, 0.3) is 0 Å². The van der Waals surface area contributed by atoms with E-state index in [1.54, 1.807) is 13.0 Å². The molecule has 1 aromatic heterocycles. The number of ether oxygens (including phenoxy) is 1. The van der Waals surface area contributed by atoms with Gasteiger partial charge in [0, 0.05) is 25.2 Å². The fourth-order valence-electron chi connectivity index (χ4n) is 2.21. The van der Waals surface area contributed by atoms with Crippen LogP contribution in [0.15, 0.2) is 10.9 Å². The molecule has 2 heterocycles. The van der Waals surface area contributed by atoms with Gasteiger partial charge in [-0.2, -0.15) is 0 Å². The fourth-order valence-corrected chi connectivity index (χ4v) is 2.21. The van der Waals surface area contributed by atoms with E-state index < -0.39 is 0 Å². The van der Waals surface area contributed by atoms with Crippen LogP contribution in [0.4, 0.5) is 5.82 Å². The van der Waals surface area contributed by atoms with Gasteiger partial charge in [0.25, 0.3) is 5.56 Å². The lowest BCUT2D eigenvalue weighted by Gasteiger charge is -2.37. The number of morpholine rings is 1. The average Bonchev–Trinajstić information content (AvgIpc) is 2.35. The molecule has 0 bridgehead atoms. The highest BCUT2D eigenvalue weighted by Crippen LogP contribution is 2.15. The van der Waals surface area contributed by atoms with Crippen LogP contribution >= 0.6 is 0 Å². The molecule has 0 amide bonds. The summed E-state index contributed by atoms with van der Waals surface area (Å²) in [5, 5.41) is 3.41. The number of hydrogen-bond acceptors (Lipinski definition) is 5. The second kappa shape index (κ2) is 6.16. The SMILES string of the molecule is Cc1nc(N2CCOCC2CNC(C)C)cc(=O)[nH]1. The number of hydrogen-bond donors (Lipinski definition) is 2. The van der Waals surface area contributed by atoms with Crippen LogP contribution in [0.1, 0.15) is 19.7 Å². The maximum absolute atomic E-state index is 11.6. The molecule has 0 spiro atoms. The lowest BCUT2D eigenvalue weighted by molar-refractivity contribution is 0.0927. The highest BCUT2D eigenvalue weighted by atomic mass is 16.5. The van der Waals surface area contributed by atoms with E-state index in [4.69, 9.17) is 4.74 Å². The number of nitrogens with zero attached hydrogens (tertiary/aromatic N) is 2. The Labute approximate surface area is 113 Å². The van der Waals surface area contributed by atoms with Gasteiger partial charge in [-0.15, -0.1) is 0 Å². The zero-order chi connectivity index (χ0) is 13.8. The van der Waals surface area contributed by atoms with Gasteiger partial charge in [-0.05, 0) is 6.92 Å². The summed E-state index contributed by atoms with van der Waals surface area (Å²) in [6.45, 7) is 8.95. The molecular weight excluding hydrogens is 244 g/mol. The van der Waals surface area contributed by atoms with Crippen LogP contribution in [0.3, 0.4) is 0 Å². The predicted molar refractivity (Wildman–Crippen MR) is 74.7 cm³/mol. The average molecular weight is 266 g/mol. The molecular formula is C13H22N4O2. The molecule has 0 aromatic carbocycles. The first-order valence-electron chi connectivity index (χ1n) is 6.72. The molecule has 1 unspecified atom stereocenters. The summed E-state index contributed by atoms with van der Waals surface area (Å²) < 4.78 is 5.53. The molecule has 1 aliphatic heterocycles. The van der Waals surface area contributed by atoms with Gasteiger partial charge in [0.05, 0.1) is 19.3 Å². The highest BCUT2D eigenvalue weighted by Gasteiger charge is 2.24. The van der Waals surface area contributed by atoms with Gasteiger partial charge >= 0.3 is 0 Å². The van der Waals surface area contributed by atoms with E-state index in [-0.39, 0.29) is 11.6 Å². The Balaban J connectivity index is 2.16. The Kier molecular flexibility index (Phi) is 4.55. The van der Waals surface area contributed by atoms with Crippen molar-refractivity contribution in [1.82, 2.24) is 15.3 Å². The third-order valence-electron chi connectivity index (χ3n) is 3.13. The van der Waals surface area contributed by atoms with Crippen molar-refractivity contribution < 1.29 is 4.74 Å². The monoisotopic (exact) mass is 266 g/mol. The van der Waals surface area contributed by atoms with Crippen LogP contribution in [-0.2, 0) is 4.74 Å². The van der Waals surface area contributed by atoms with Crippen molar-refractivity contribution in [2.75, 3.05) is 31.2 Å². The quantitative estimate of drug-likeness (QED) is 0.819.